The molecular formula is C61H109NO5. The number of unbranched alkanes of at least 4 members (excludes halogenated alkanes) is 27. The molecule has 6 nitrogen and oxygen atoms in total. The number of allylic oxidation sites excluding steroid dienone is 12. The number of hydrogen-bond acceptors (Lipinski definition) is 5. The minimum Gasteiger partial charge on any atom is -0.462 e. The van der Waals surface area contributed by atoms with Crippen LogP contribution in [-0.4, -0.2) is 46.9 Å². The van der Waals surface area contributed by atoms with Crippen LogP contribution in [-0.2, 0) is 14.3 Å². The van der Waals surface area contributed by atoms with Gasteiger partial charge >= 0.3 is 5.97 Å². The Morgan fingerprint density at radius 1 is 0.448 bits per heavy atom. The van der Waals surface area contributed by atoms with Crippen LogP contribution in [0.15, 0.2) is 72.9 Å². The summed E-state index contributed by atoms with van der Waals surface area (Å²) in [5.41, 5.74) is 0. The maximum atomic E-state index is 13.3. The van der Waals surface area contributed by atoms with Gasteiger partial charge in [0.25, 0.3) is 0 Å². The standard InChI is InChI=1S/C61H109NO5/c1-4-7-10-13-16-19-22-25-28-30-32-34-37-40-43-46-49-52-57(67-61(66)54-51-48-45-42-39-36-33-31-29-26-23-20-17-14-11-8-5-2)55-60(65)62-58(56-63)59(64)53-50-47-44-41-38-35-27-24-21-18-15-12-9-6-3/h8,11,17,20,25-26,28-29,33,36,42,45,57-59,63-64H,4-7,9-10,12-16,18-19,21-24,27,30-32,34-35,37-41,43-44,46-56H2,1-3H3,(H,62,65)/b11-8-,20-17-,28-25+,29-26-,36-33-,45-42-. The second-order valence-corrected chi connectivity index (χ2v) is 19.3. The Bertz CT molecular complexity index is 1230. The number of aliphatic hydroxyl groups is 2. The highest BCUT2D eigenvalue weighted by Crippen LogP contribution is 2.18. The number of hydrogen-bond donors (Lipinski definition) is 3. The van der Waals surface area contributed by atoms with Crippen molar-refractivity contribution in [3.05, 3.63) is 72.9 Å². The van der Waals surface area contributed by atoms with E-state index in [2.05, 4.69) is 99.0 Å². The number of nitrogens with one attached hydrogen (secondary N) is 1. The van der Waals surface area contributed by atoms with Gasteiger partial charge in [0, 0.05) is 6.42 Å². The molecule has 0 radical (unpaired) electrons. The molecule has 0 saturated heterocycles. The van der Waals surface area contributed by atoms with E-state index in [0.29, 0.717) is 25.7 Å². The summed E-state index contributed by atoms with van der Waals surface area (Å²) in [6, 6.07) is -0.717. The highest BCUT2D eigenvalue weighted by Gasteiger charge is 2.24. The SMILES string of the molecule is CC/C=C\C/C=C\C/C=C\C/C=C\C/C=C\CCCC(=O)OC(CCCCCCCCC/C=C/CCCCCCCC)CC(=O)NC(CO)C(O)CCCCCCCCCCCCCCCC. The first kappa shape index (κ1) is 64.3. The van der Waals surface area contributed by atoms with E-state index in [1.165, 1.54) is 148 Å². The Hall–Kier alpha value is -2.70. The molecule has 0 spiro atoms. The second kappa shape index (κ2) is 54.2. The van der Waals surface area contributed by atoms with Crippen LogP contribution in [0.2, 0.25) is 0 Å². The first-order valence-electron chi connectivity index (χ1n) is 28.7. The van der Waals surface area contributed by atoms with Crippen molar-refractivity contribution in [1.29, 1.82) is 0 Å². The summed E-state index contributed by atoms with van der Waals surface area (Å²) < 4.78 is 5.93. The van der Waals surface area contributed by atoms with E-state index in [1.54, 1.807) is 0 Å². The highest BCUT2D eigenvalue weighted by molar-refractivity contribution is 5.77. The number of carbonyl (C=O) groups is 2. The van der Waals surface area contributed by atoms with Gasteiger partial charge in [-0.2, -0.15) is 0 Å². The summed E-state index contributed by atoms with van der Waals surface area (Å²) in [7, 11) is 0. The zero-order chi connectivity index (χ0) is 48.8. The third-order valence-electron chi connectivity index (χ3n) is 12.8. The zero-order valence-electron chi connectivity index (χ0n) is 44.3. The Morgan fingerprint density at radius 3 is 1.24 bits per heavy atom. The van der Waals surface area contributed by atoms with Crippen molar-refractivity contribution in [3.8, 4) is 0 Å². The number of esters is 1. The molecule has 0 bridgehead atoms. The lowest BCUT2D eigenvalue weighted by Crippen LogP contribution is -2.46. The zero-order valence-corrected chi connectivity index (χ0v) is 44.3. The maximum Gasteiger partial charge on any atom is 0.306 e. The topological polar surface area (TPSA) is 95.9 Å². The van der Waals surface area contributed by atoms with Crippen LogP contribution in [0.25, 0.3) is 0 Å². The van der Waals surface area contributed by atoms with Crippen molar-refractivity contribution in [2.75, 3.05) is 6.61 Å². The summed E-state index contributed by atoms with van der Waals surface area (Å²) in [5, 5.41) is 23.9. The van der Waals surface area contributed by atoms with Gasteiger partial charge in [0.15, 0.2) is 0 Å². The molecule has 0 aliphatic carbocycles. The van der Waals surface area contributed by atoms with Gasteiger partial charge in [0.05, 0.1) is 25.2 Å². The largest absolute Gasteiger partial charge is 0.462 e. The van der Waals surface area contributed by atoms with Crippen molar-refractivity contribution in [2.45, 2.75) is 296 Å². The minimum atomic E-state index is -0.802. The van der Waals surface area contributed by atoms with Crippen LogP contribution in [0.1, 0.15) is 278 Å². The fourth-order valence-corrected chi connectivity index (χ4v) is 8.46. The number of amides is 1. The van der Waals surface area contributed by atoms with Crippen LogP contribution in [0.4, 0.5) is 0 Å². The van der Waals surface area contributed by atoms with Gasteiger partial charge < -0.3 is 20.3 Å². The number of carbonyl (C=O) groups excluding carboxylic acids is 2. The normalized spacial score (nSPS) is 13.7. The third-order valence-corrected chi connectivity index (χ3v) is 12.8. The van der Waals surface area contributed by atoms with Gasteiger partial charge in [-0.05, 0) is 89.9 Å². The molecule has 3 unspecified atom stereocenters. The van der Waals surface area contributed by atoms with Crippen LogP contribution in [0.3, 0.4) is 0 Å². The van der Waals surface area contributed by atoms with Crippen molar-refractivity contribution < 1.29 is 24.5 Å². The van der Waals surface area contributed by atoms with E-state index in [-0.39, 0.29) is 24.9 Å². The molecule has 0 saturated carbocycles. The van der Waals surface area contributed by atoms with Crippen molar-refractivity contribution >= 4 is 11.9 Å². The number of ether oxygens (including phenoxy) is 1. The fourth-order valence-electron chi connectivity index (χ4n) is 8.46. The summed E-state index contributed by atoms with van der Waals surface area (Å²) in [6.07, 6.45) is 69.7. The van der Waals surface area contributed by atoms with E-state index in [0.717, 1.165) is 77.0 Å². The van der Waals surface area contributed by atoms with E-state index < -0.39 is 18.2 Å². The molecule has 0 aliphatic rings. The molecular weight excluding hydrogens is 827 g/mol. The van der Waals surface area contributed by atoms with Gasteiger partial charge in [0.2, 0.25) is 5.91 Å². The maximum absolute atomic E-state index is 13.3. The predicted molar refractivity (Wildman–Crippen MR) is 291 cm³/mol. The molecule has 3 N–H and O–H groups in total. The third kappa shape index (κ3) is 49.5. The minimum absolute atomic E-state index is 0.0506. The molecule has 3 atom stereocenters. The van der Waals surface area contributed by atoms with Crippen LogP contribution >= 0.6 is 0 Å². The molecule has 67 heavy (non-hydrogen) atoms. The molecule has 388 valence electrons. The molecule has 0 heterocycles. The first-order chi connectivity index (χ1) is 33.0. The number of rotatable bonds is 51. The van der Waals surface area contributed by atoms with Crippen LogP contribution in [0.5, 0.6) is 0 Å². The van der Waals surface area contributed by atoms with E-state index in [4.69, 9.17) is 4.74 Å². The predicted octanol–water partition coefficient (Wildman–Crippen LogP) is 17.7. The lowest BCUT2D eigenvalue weighted by atomic mass is 10.0. The van der Waals surface area contributed by atoms with Gasteiger partial charge in [-0.15, -0.1) is 0 Å². The summed E-state index contributed by atoms with van der Waals surface area (Å²) >= 11 is 0. The first-order valence-corrected chi connectivity index (χ1v) is 28.7. The van der Waals surface area contributed by atoms with E-state index >= 15 is 0 Å². The smallest absolute Gasteiger partial charge is 0.306 e. The van der Waals surface area contributed by atoms with E-state index in [1.807, 2.05) is 0 Å². The van der Waals surface area contributed by atoms with Crippen LogP contribution in [0, 0.1) is 0 Å². The molecule has 0 aliphatic heterocycles. The molecule has 6 heteroatoms. The molecule has 0 aromatic carbocycles. The Morgan fingerprint density at radius 2 is 0.806 bits per heavy atom. The quantitative estimate of drug-likeness (QED) is 0.0321. The average molecular weight is 937 g/mol. The molecule has 0 aromatic heterocycles. The molecule has 0 rings (SSSR count). The Balaban J connectivity index is 4.67. The van der Waals surface area contributed by atoms with Crippen molar-refractivity contribution in [1.82, 2.24) is 5.32 Å². The summed E-state index contributed by atoms with van der Waals surface area (Å²) in [5.74, 6) is -0.542. The number of aliphatic hydroxyl groups excluding tert-OH is 2. The second-order valence-electron chi connectivity index (χ2n) is 19.3. The van der Waals surface area contributed by atoms with Crippen LogP contribution < -0.4 is 5.32 Å². The lowest BCUT2D eigenvalue weighted by Gasteiger charge is -2.24. The lowest BCUT2D eigenvalue weighted by molar-refractivity contribution is -0.151. The molecule has 0 aromatic rings. The van der Waals surface area contributed by atoms with Gasteiger partial charge in [0.1, 0.15) is 6.10 Å². The summed E-state index contributed by atoms with van der Waals surface area (Å²) in [4.78, 5) is 26.3. The van der Waals surface area contributed by atoms with Gasteiger partial charge in [-0.25, -0.2) is 0 Å². The van der Waals surface area contributed by atoms with Gasteiger partial charge in [-0.1, -0.05) is 248 Å². The molecule has 1 amide bonds. The van der Waals surface area contributed by atoms with Gasteiger partial charge in [-0.3, -0.25) is 9.59 Å². The fraction of sp³-hybridized carbons (Fsp3) is 0.770. The highest BCUT2D eigenvalue weighted by atomic mass is 16.5. The Labute approximate surface area is 415 Å². The molecule has 0 fully saturated rings. The van der Waals surface area contributed by atoms with Crippen molar-refractivity contribution in [2.24, 2.45) is 0 Å². The van der Waals surface area contributed by atoms with Crippen molar-refractivity contribution in [3.63, 3.8) is 0 Å². The monoisotopic (exact) mass is 936 g/mol. The van der Waals surface area contributed by atoms with E-state index in [9.17, 15) is 19.8 Å². The average Bonchev–Trinajstić information content (AvgIpc) is 3.32. The summed E-state index contributed by atoms with van der Waals surface area (Å²) in [6.45, 7) is 6.37. The Kier molecular flexibility index (Phi) is 52.1.